The number of hydrogen-bond acceptors (Lipinski definition) is 6. The monoisotopic (exact) mass is 406 g/mol. The number of rotatable bonds is 6. The van der Waals surface area contributed by atoms with Crippen molar-refractivity contribution in [3.8, 4) is 17.1 Å². The fourth-order valence-electron chi connectivity index (χ4n) is 3.00. The van der Waals surface area contributed by atoms with Crippen molar-refractivity contribution < 1.29 is 13.7 Å². The number of likely N-dealkylation sites (N-methyl/N-ethyl adjacent to an activating group) is 1. The molecule has 0 fully saturated rings. The second kappa shape index (κ2) is 8.24. The number of hydrogen-bond donors (Lipinski definition) is 0. The minimum absolute atomic E-state index is 0.144. The molecule has 3 heterocycles. The Hall–Kier alpha value is -3.88. The van der Waals surface area contributed by atoms with Crippen LogP contribution < -0.4 is 0 Å². The lowest BCUT2D eigenvalue weighted by Gasteiger charge is -2.18. The maximum atomic E-state index is 13.1. The zero-order chi connectivity index (χ0) is 21.1. The summed E-state index contributed by atoms with van der Waals surface area (Å²) in [7, 11) is 1.73. The van der Waals surface area contributed by atoms with E-state index >= 15 is 0 Å². The van der Waals surface area contributed by atoms with Crippen LogP contribution in [0.1, 0.15) is 21.6 Å². The molecule has 0 saturated carbocycles. The standard InChI is InChI=1S/C21H19FN6O2/c1-14-3-6-19(28-24-8-9-25-28)17(11-14)21(29)27(2)10-7-16-12-20(30-26-16)18-5-4-15(22)13-23-18/h3-6,8-9,11-13H,7,10H2,1-2H3. The highest BCUT2D eigenvalue weighted by atomic mass is 19.1. The van der Waals surface area contributed by atoms with Gasteiger partial charge in [-0.15, -0.1) is 0 Å². The van der Waals surface area contributed by atoms with Gasteiger partial charge in [-0.2, -0.15) is 15.0 Å². The van der Waals surface area contributed by atoms with Crippen molar-refractivity contribution >= 4 is 5.91 Å². The van der Waals surface area contributed by atoms with Crippen molar-refractivity contribution in [3.05, 3.63) is 77.6 Å². The topological polar surface area (TPSA) is 89.9 Å². The predicted octanol–water partition coefficient (Wildman–Crippen LogP) is 3.08. The molecule has 152 valence electrons. The number of carbonyl (C=O) groups is 1. The number of amides is 1. The second-order valence-corrected chi connectivity index (χ2v) is 6.86. The number of aryl methyl sites for hydroxylation is 1. The van der Waals surface area contributed by atoms with E-state index in [4.69, 9.17) is 4.52 Å². The van der Waals surface area contributed by atoms with Crippen molar-refractivity contribution in [1.29, 1.82) is 0 Å². The van der Waals surface area contributed by atoms with Crippen LogP contribution in [0.15, 0.2) is 59.5 Å². The van der Waals surface area contributed by atoms with E-state index in [0.717, 1.165) is 11.8 Å². The van der Waals surface area contributed by atoms with E-state index in [1.54, 1.807) is 30.4 Å². The van der Waals surface area contributed by atoms with Crippen LogP contribution in [0, 0.1) is 12.7 Å². The first-order valence-electron chi connectivity index (χ1n) is 9.31. The Labute approximate surface area is 171 Å². The minimum atomic E-state index is -0.417. The summed E-state index contributed by atoms with van der Waals surface area (Å²) in [4.78, 5) is 20.1. The lowest BCUT2D eigenvalue weighted by atomic mass is 10.1. The third kappa shape index (κ3) is 4.09. The van der Waals surface area contributed by atoms with Crippen molar-refractivity contribution in [1.82, 2.24) is 30.0 Å². The van der Waals surface area contributed by atoms with Gasteiger partial charge >= 0.3 is 0 Å². The van der Waals surface area contributed by atoms with Crippen LogP contribution in [0.3, 0.4) is 0 Å². The zero-order valence-electron chi connectivity index (χ0n) is 16.5. The van der Waals surface area contributed by atoms with Crippen molar-refractivity contribution in [2.24, 2.45) is 0 Å². The van der Waals surface area contributed by atoms with Gasteiger partial charge in [0, 0.05) is 26.1 Å². The SMILES string of the molecule is Cc1ccc(-n2nccn2)c(C(=O)N(C)CCc2cc(-c3ccc(F)cn3)on2)c1. The maximum Gasteiger partial charge on any atom is 0.255 e. The van der Waals surface area contributed by atoms with Crippen LogP contribution in [-0.2, 0) is 6.42 Å². The number of carbonyl (C=O) groups excluding carboxylic acids is 1. The summed E-state index contributed by atoms with van der Waals surface area (Å²) in [5, 5.41) is 12.3. The van der Waals surface area contributed by atoms with E-state index < -0.39 is 5.82 Å². The summed E-state index contributed by atoms with van der Waals surface area (Å²) in [6, 6.07) is 10.1. The Bertz CT molecular complexity index is 1150. The number of halogens is 1. The molecule has 0 radical (unpaired) electrons. The average Bonchev–Trinajstić information content (AvgIpc) is 3.44. The van der Waals surface area contributed by atoms with Gasteiger partial charge in [0.1, 0.15) is 11.5 Å². The van der Waals surface area contributed by atoms with Crippen LogP contribution in [0.25, 0.3) is 17.1 Å². The molecule has 1 amide bonds. The molecule has 0 spiro atoms. The molecule has 3 aromatic heterocycles. The van der Waals surface area contributed by atoms with Crippen LogP contribution in [0.4, 0.5) is 4.39 Å². The number of aromatic nitrogens is 5. The summed E-state index contributed by atoms with van der Waals surface area (Å²) in [5.41, 5.74) is 3.28. The van der Waals surface area contributed by atoms with Crippen LogP contribution in [-0.4, -0.2) is 49.5 Å². The smallest absolute Gasteiger partial charge is 0.255 e. The normalized spacial score (nSPS) is 10.9. The fourth-order valence-corrected chi connectivity index (χ4v) is 3.00. The molecular weight excluding hydrogens is 387 g/mol. The fraction of sp³-hybridized carbons (Fsp3) is 0.190. The Morgan fingerprint density at radius 1 is 1.17 bits per heavy atom. The molecule has 4 rings (SSSR count). The number of nitrogens with zero attached hydrogens (tertiary/aromatic N) is 6. The molecule has 30 heavy (non-hydrogen) atoms. The third-order valence-corrected chi connectivity index (χ3v) is 4.61. The van der Waals surface area contributed by atoms with Crippen molar-refractivity contribution in [2.75, 3.05) is 13.6 Å². The first-order valence-corrected chi connectivity index (χ1v) is 9.31. The van der Waals surface area contributed by atoms with E-state index in [-0.39, 0.29) is 5.91 Å². The van der Waals surface area contributed by atoms with Gasteiger partial charge in [-0.25, -0.2) is 9.37 Å². The highest BCUT2D eigenvalue weighted by Gasteiger charge is 2.19. The summed E-state index contributed by atoms with van der Waals surface area (Å²) in [6.45, 7) is 2.36. The lowest BCUT2D eigenvalue weighted by Crippen LogP contribution is -2.30. The van der Waals surface area contributed by atoms with Gasteiger partial charge in [0.15, 0.2) is 5.76 Å². The van der Waals surface area contributed by atoms with Crippen molar-refractivity contribution in [3.63, 3.8) is 0 Å². The molecule has 9 heteroatoms. The van der Waals surface area contributed by atoms with E-state index in [9.17, 15) is 9.18 Å². The van der Waals surface area contributed by atoms with E-state index in [1.165, 1.54) is 16.9 Å². The molecule has 0 saturated heterocycles. The molecule has 0 atom stereocenters. The number of benzene rings is 1. The third-order valence-electron chi connectivity index (χ3n) is 4.61. The van der Waals surface area contributed by atoms with E-state index in [0.29, 0.717) is 41.4 Å². The maximum absolute atomic E-state index is 13.1. The molecule has 0 N–H and O–H groups in total. The quantitative estimate of drug-likeness (QED) is 0.489. The molecule has 0 bridgehead atoms. The Morgan fingerprint density at radius 2 is 1.97 bits per heavy atom. The van der Waals surface area contributed by atoms with Crippen LogP contribution >= 0.6 is 0 Å². The van der Waals surface area contributed by atoms with E-state index in [1.807, 2.05) is 25.1 Å². The van der Waals surface area contributed by atoms with Gasteiger partial charge in [0.2, 0.25) is 0 Å². The molecule has 8 nitrogen and oxygen atoms in total. The highest BCUT2D eigenvalue weighted by Crippen LogP contribution is 2.20. The summed E-state index contributed by atoms with van der Waals surface area (Å²) in [6.07, 6.45) is 4.75. The molecule has 0 aliphatic rings. The van der Waals surface area contributed by atoms with Crippen molar-refractivity contribution in [2.45, 2.75) is 13.3 Å². The minimum Gasteiger partial charge on any atom is -0.354 e. The van der Waals surface area contributed by atoms with Gasteiger partial charge < -0.3 is 9.42 Å². The lowest BCUT2D eigenvalue weighted by molar-refractivity contribution is 0.0795. The molecule has 0 unspecified atom stereocenters. The van der Waals surface area contributed by atoms with E-state index in [2.05, 4.69) is 20.3 Å². The van der Waals surface area contributed by atoms with Crippen LogP contribution in [0.2, 0.25) is 0 Å². The van der Waals surface area contributed by atoms with Crippen LogP contribution in [0.5, 0.6) is 0 Å². The molecular formula is C21H19FN6O2. The predicted molar refractivity (Wildman–Crippen MR) is 106 cm³/mol. The summed E-state index contributed by atoms with van der Waals surface area (Å²) < 4.78 is 18.3. The first kappa shape index (κ1) is 19.4. The zero-order valence-corrected chi connectivity index (χ0v) is 16.5. The van der Waals surface area contributed by atoms with Gasteiger partial charge in [-0.05, 0) is 31.2 Å². The first-order chi connectivity index (χ1) is 14.5. The second-order valence-electron chi connectivity index (χ2n) is 6.86. The van der Waals surface area contributed by atoms with Gasteiger partial charge in [0.25, 0.3) is 5.91 Å². The molecule has 0 aliphatic carbocycles. The number of pyridine rings is 1. The van der Waals surface area contributed by atoms with Gasteiger partial charge in [-0.1, -0.05) is 16.8 Å². The molecule has 0 aliphatic heterocycles. The Balaban J connectivity index is 1.46. The Kier molecular flexibility index (Phi) is 5.34. The largest absolute Gasteiger partial charge is 0.354 e. The average molecular weight is 406 g/mol. The molecule has 4 aromatic rings. The molecule has 1 aromatic carbocycles. The summed E-state index contributed by atoms with van der Waals surface area (Å²) >= 11 is 0. The summed E-state index contributed by atoms with van der Waals surface area (Å²) in [5.74, 6) is -0.112. The highest BCUT2D eigenvalue weighted by molar-refractivity contribution is 5.97. The Morgan fingerprint density at radius 3 is 2.70 bits per heavy atom. The van der Waals surface area contributed by atoms with Gasteiger partial charge in [-0.3, -0.25) is 4.79 Å². The van der Waals surface area contributed by atoms with Gasteiger partial charge in [0.05, 0.1) is 35.5 Å².